The van der Waals surface area contributed by atoms with Crippen LogP contribution >= 0.6 is 12.4 Å². The average Bonchev–Trinajstić information content (AvgIpc) is 2.67. The number of ether oxygens (including phenoxy) is 1. The van der Waals surface area contributed by atoms with E-state index in [4.69, 9.17) is 4.74 Å². The molecule has 1 saturated heterocycles. The third-order valence-corrected chi connectivity index (χ3v) is 3.43. The molecule has 2 rings (SSSR count). The van der Waals surface area contributed by atoms with Crippen molar-refractivity contribution in [2.45, 2.75) is 38.2 Å². The molecule has 1 amide bonds. The molecule has 1 saturated carbocycles. The molecule has 1 aliphatic heterocycles. The molecule has 1 aliphatic carbocycles. The van der Waals surface area contributed by atoms with Crippen molar-refractivity contribution in [1.29, 1.82) is 0 Å². The molecule has 17 heavy (non-hydrogen) atoms. The molecule has 100 valence electrons. The molecule has 0 aromatic heterocycles. The summed E-state index contributed by atoms with van der Waals surface area (Å²) in [6, 6.07) is 0. The third-order valence-electron chi connectivity index (χ3n) is 3.43. The SMILES string of the molecule is Cl.O=C(NCCCOC1CCCC1)C1CNC1. The summed E-state index contributed by atoms with van der Waals surface area (Å²) in [7, 11) is 0. The monoisotopic (exact) mass is 262 g/mol. The largest absolute Gasteiger partial charge is 0.378 e. The molecule has 0 spiro atoms. The van der Waals surface area contributed by atoms with Crippen LogP contribution in [0.1, 0.15) is 32.1 Å². The lowest BCUT2D eigenvalue weighted by molar-refractivity contribution is -0.126. The van der Waals surface area contributed by atoms with Crippen molar-refractivity contribution in [3.63, 3.8) is 0 Å². The first kappa shape index (κ1) is 14.7. The molecule has 0 radical (unpaired) electrons. The highest BCUT2D eigenvalue weighted by Gasteiger charge is 2.24. The second kappa shape index (κ2) is 7.90. The summed E-state index contributed by atoms with van der Waals surface area (Å²) in [4.78, 5) is 11.5. The highest BCUT2D eigenvalue weighted by Crippen LogP contribution is 2.20. The summed E-state index contributed by atoms with van der Waals surface area (Å²) in [6.45, 7) is 3.21. The minimum Gasteiger partial charge on any atom is -0.378 e. The molecule has 4 nitrogen and oxygen atoms in total. The second-order valence-corrected chi connectivity index (χ2v) is 4.78. The maximum Gasteiger partial charge on any atom is 0.225 e. The first-order chi connectivity index (χ1) is 7.86. The average molecular weight is 263 g/mol. The molecule has 5 heteroatoms. The third kappa shape index (κ3) is 4.82. The van der Waals surface area contributed by atoms with Crippen LogP contribution in [0.2, 0.25) is 0 Å². The lowest BCUT2D eigenvalue weighted by Crippen LogP contribution is -2.50. The van der Waals surface area contributed by atoms with Gasteiger partial charge in [-0.05, 0) is 19.3 Å². The van der Waals surface area contributed by atoms with Crippen molar-refractivity contribution in [3.05, 3.63) is 0 Å². The van der Waals surface area contributed by atoms with Crippen molar-refractivity contribution in [3.8, 4) is 0 Å². The van der Waals surface area contributed by atoms with E-state index in [0.29, 0.717) is 6.10 Å². The minimum absolute atomic E-state index is 0. The van der Waals surface area contributed by atoms with Crippen LogP contribution in [0.3, 0.4) is 0 Å². The Balaban J connectivity index is 0.00000144. The van der Waals surface area contributed by atoms with Crippen LogP contribution in [0.5, 0.6) is 0 Å². The Labute approximate surface area is 109 Å². The van der Waals surface area contributed by atoms with Gasteiger partial charge in [0.2, 0.25) is 5.91 Å². The topological polar surface area (TPSA) is 50.4 Å². The lowest BCUT2D eigenvalue weighted by Gasteiger charge is -2.25. The summed E-state index contributed by atoms with van der Waals surface area (Å²) in [5.74, 6) is 0.398. The fraction of sp³-hybridized carbons (Fsp3) is 0.917. The molecule has 0 aromatic rings. The van der Waals surface area contributed by atoms with Gasteiger partial charge in [0, 0.05) is 26.2 Å². The Morgan fingerprint density at radius 1 is 1.29 bits per heavy atom. The Kier molecular flexibility index (Phi) is 6.85. The zero-order chi connectivity index (χ0) is 11.2. The maximum atomic E-state index is 11.5. The van der Waals surface area contributed by atoms with Gasteiger partial charge >= 0.3 is 0 Å². The van der Waals surface area contributed by atoms with Crippen molar-refractivity contribution in [2.75, 3.05) is 26.2 Å². The molecular formula is C12H23ClN2O2. The van der Waals surface area contributed by atoms with Crippen LogP contribution in [0.15, 0.2) is 0 Å². The molecule has 0 atom stereocenters. The van der Waals surface area contributed by atoms with E-state index in [1.54, 1.807) is 0 Å². The van der Waals surface area contributed by atoms with Gasteiger partial charge in [-0.3, -0.25) is 4.79 Å². The zero-order valence-electron chi connectivity index (χ0n) is 10.2. The Morgan fingerprint density at radius 3 is 2.59 bits per heavy atom. The van der Waals surface area contributed by atoms with E-state index in [2.05, 4.69) is 10.6 Å². The Morgan fingerprint density at radius 2 is 2.00 bits per heavy atom. The van der Waals surface area contributed by atoms with Gasteiger partial charge in [-0.25, -0.2) is 0 Å². The molecule has 2 fully saturated rings. The molecule has 2 aliphatic rings. The van der Waals surface area contributed by atoms with Crippen LogP contribution < -0.4 is 10.6 Å². The standard InChI is InChI=1S/C12H22N2O2.ClH/c15-12(10-8-13-9-10)14-6-3-7-16-11-4-1-2-5-11;/h10-11,13H,1-9H2,(H,14,15);1H. The van der Waals surface area contributed by atoms with Crippen molar-refractivity contribution in [2.24, 2.45) is 5.92 Å². The summed E-state index contributed by atoms with van der Waals surface area (Å²) in [5.41, 5.74) is 0. The van der Waals surface area contributed by atoms with Gasteiger partial charge in [0.1, 0.15) is 0 Å². The van der Waals surface area contributed by atoms with Gasteiger partial charge in [0.25, 0.3) is 0 Å². The molecule has 0 unspecified atom stereocenters. The molecule has 1 heterocycles. The summed E-state index contributed by atoms with van der Waals surface area (Å²) in [5, 5.41) is 6.05. The van der Waals surface area contributed by atoms with E-state index >= 15 is 0 Å². The first-order valence-electron chi connectivity index (χ1n) is 6.46. The van der Waals surface area contributed by atoms with E-state index in [-0.39, 0.29) is 24.2 Å². The Bertz CT molecular complexity index is 229. The van der Waals surface area contributed by atoms with Crippen molar-refractivity contribution >= 4 is 18.3 Å². The number of carbonyl (C=O) groups excluding carboxylic acids is 1. The molecular weight excluding hydrogens is 240 g/mol. The Hall–Kier alpha value is -0.320. The van der Waals surface area contributed by atoms with E-state index in [1.807, 2.05) is 0 Å². The van der Waals surface area contributed by atoms with E-state index in [9.17, 15) is 4.79 Å². The van der Waals surface area contributed by atoms with Crippen LogP contribution in [-0.4, -0.2) is 38.3 Å². The fourth-order valence-electron chi connectivity index (χ4n) is 2.21. The second-order valence-electron chi connectivity index (χ2n) is 4.78. The quantitative estimate of drug-likeness (QED) is 0.705. The van der Waals surface area contributed by atoms with Crippen LogP contribution in [0, 0.1) is 5.92 Å². The van der Waals surface area contributed by atoms with Gasteiger partial charge in [0.05, 0.1) is 12.0 Å². The van der Waals surface area contributed by atoms with Gasteiger partial charge < -0.3 is 15.4 Å². The molecule has 2 N–H and O–H groups in total. The minimum atomic E-state index is 0. The van der Waals surface area contributed by atoms with Gasteiger partial charge in [0.15, 0.2) is 0 Å². The normalized spacial score (nSPS) is 20.7. The highest BCUT2D eigenvalue weighted by atomic mass is 35.5. The number of nitrogens with one attached hydrogen (secondary N) is 2. The number of rotatable bonds is 6. The van der Waals surface area contributed by atoms with Gasteiger partial charge in [-0.2, -0.15) is 0 Å². The maximum absolute atomic E-state index is 11.5. The van der Waals surface area contributed by atoms with Crippen LogP contribution in [0.25, 0.3) is 0 Å². The first-order valence-corrected chi connectivity index (χ1v) is 6.46. The predicted molar refractivity (Wildman–Crippen MR) is 69.4 cm³/mol. The van der Waals surface area contributed by atoms with Gasteiger partial charge in [-0.1, -0.05) is 12.8 Å². The number of amides is 1. The zero-order valence-corrected chi connectivity index (χ0v) is 11.1. The summed E-state index contributed by atoms with van der Waals surface area (Å²) in [6.07, 6.45) is 6.50. The van der Waals surface area contributed by atoms with Crippen LogP contribution in [-0.2, 0) is 9.53 Å². The van der Waals surface area contributed by atoms with Crippen molar-refractivity contribution < 1.29 is 9.53 Å². The lowest BCUT2D eigenvalue weighted by atomic mass is 10.0. The number of hydrogen-bond donors (Lipinski definition) is 2. The molecule has 0 aromatic carbocycles. The smallest absolute Gasteiger partial charge is 0.225 e. The van der Waals surface area contributed by atoms with E-state index in [0.717, 1.165) is 32.7 Å². The number of hydrogen-bond acceptors (Lipinski definition) is 3. The van der Waals surface area contributed by atoms with Crippen LogP contribution in [0.4, 0.5) is 0 Å². The molecule has 0 bridgehead atoms. The number of carbonyl (C=O) groups is 1. The summed E-state index contributed by atoms with van der Waals surface area (Å²) < 4.78 is 5.72. The van der Waals surface area contributed by atoms with E-state index in [1.165, 1.54) is 25.7 Å². The highest BCUT2D eigenvalue weighted by molar-refractivity contribution is 5.85. The fourth-order valence-corrected chi connectivity index (χ4v) is 2.21. The number of halogens is 1. The summed E-state index contributed by atoms with van der Waals surface area (Å²) >= 11 is 0. The van der Waals surface area contributed by atoms with Gasteiger partial charge in [-0.15, -0.1) is 12.4 Å². The van der Waals surface area contributed by atoms with E-state index < -0.39 is 0 Å². The predicted octanol–water partition coefficient (Wildman–Crippen LogP) is 1.09. The van der Waals surface area contributed by atoms with Crippen molar-refractivity contribution in [1.82, 2.24) is 10.6 Å².